The van der Waals surface area contributed by atoms with Gasteiger partial charge in [-0.05, 0) is 55.7 Å². The largest absolute Gasteiger partial charge is 0.340 e. The number of rotatable bonds is 5. The van der Waals surface area contributed by atoms with Crippen LogP contribution in [0, 0.1) is 0 Å². The van der Waals surface area contributed by atoms with E-state index < -0.39 is 0 Å². The van der Waals surface area contributed by atoms with Gasteiger partial charge in [0.05, 0.1) is 11.7 Å². The van der Waals surface area contributed by atoms with Crippen LogP contribution in [0.1, 0.15) is 41.6 Å². The molecule has 4 heterocycles. The molecule has 7 nitrogen and oxygen atoms in total. The highest BCUT2D eigenvalue weighted by Gasteiger charge is 2.31. The zero-order chi connectivity index (χ0) is 22.5. The third-order valence-electron chi connectivity index (χ3n) is 5.69. The number of hydrogen-bond acceptors (Lipinski definition) is 6. The van der Waals surface area contributed by atoms with Crippen LogP contribution in [0.2, 0.25) is 0 Å². The van der Waals surface area contributed by atoms with E-state index in [0.29, 0.717) is 23.9 Å². The average molecular weight is 437 g/mol. The Bertz CT molecular complexity index is 1220. The van der Waals surface area contributed by atoms with Gasteiger partial charge in [-0.3, -0.25) is 14.8 Å². The maximum absolute atomic E-state index is 13.3. The van der Waals surface area contributed by atoms with Gasteiger partial charge in [-0.2, -0.15) is 0 Å². The number of nitrogens with one attached hydrogen (secondary N) is 1. The molecule has 1 atom stereocenters. The summed E-state index contributed by atoms with van der Waals surface area (Å²) in [5, 5.41) is 3.38. The van der Waals surface area contributed by atoms with Crippen molar-refractivity contribution >= 4 is 17.4 Å². The summed E-state index contributed by atoms with van der Waals surface area (Å²) < 4.78 is 0. The summed E-state index contributed by atoms with van der Waals surface area (Å²) in [7, 11) is 0. The fourth-order valence-electron chi connectivity index (χ4n) is 4.09. The van der Waals surface area contributed by atoms with Gasteiger partial charge in [0, 0.05) is 42.5 Å². The molecule has 1 unspecified atom stereocenters. The van der Waals surface area contributed by atoms with E-state index in [1.807, 2.05) is 65.6 Å². The van der Waals surface area contributed by atoms with Crippen molar-refractivity contribution < 1.29 is 4.79 Å². The Hall–Kier alpha value is -4.13. The van der Waals surface area contributed by atoms with E-state index in [2.05, 4.69) is 15.3 Å². The first-order chi connectivity index (χ1) is 16.3. The van der Waals surface area contributed by atoms with Gasteiger partial charge in [0.25, 0.3) is 5.91 Å². The smallest absolute Gasteiger partial charge is 0.273 e. The first-order valence-corrected chi connectivity index (χ1v) is 11.1. The SMILES string of the molecule is O=C(c1ccccn1)N1CCCCC1c1nc(Nc2ccccc2)cc(-c2cccnc2)n1. The number of nitrogens with zero attached hydrogens (tertiary/aromatic N) is 5. The Balaban J connectivity index is 1.55. The summed E-state index contributed by atoms with van der Waals surface area (Å²) in [5.74, 6) is 1.22. The number of carbonyl (C=O) groups excluding carboxylic acids is 1. The number of para-hydroxylation sites is 1. The van der Waals surface area contributed by atoms with Crippen LogP contribution in [0.4, 0.5) is 11.5 Å². The van der Waals surface area contributed by atoms with Crippen molar-refractivity contribution in [3.05, 3.63) is 96.8 Å². The lowest BCUT2D eigenvalue weighted by atomic mass is 10.0. The molecular formula is C26H24N6O. The molecule has 0 saturated carbocycles. The predicted octanol–water partition coefficient (Wildman–Crippen LogP) is 5.04. The molecule has 7 heteroatoms. The molecule has 1 amide bonds. The van der Waals surface area contributed by atoms with Crippen molar-refractivity contribution in [3.8, 4) is 11.3 Å². The topological polar surface area (TPSA) is 83.9 Å². The van der Waals surface area contributed by atoms with Crippen LogP contribution < -0.4 is 5.32 Å². The Morgan fingerprint density at radius 3 is 2.61 bits per heavy atom. The third-order valence-corrected chi connectivity index (χ3v) is 5.69. The lowest BCUT2D eigenvalue weighted by Crippen LogP contribution is -2.39. The summed E-state index contributed by atoms with van der Waals surface area (Å²) >= 11 is 0. The number of pyridine rings is 2. The summed E-state index contributed by atoms with van der Waals surface area (Å²) in [5.41, 5.74) is 3.04. The number of carbonyl (C=O) groups is 1. The molecule has 33 heavy (non-hydrogen) atoms. The van der Waals surface area contributed by atoms with Crippen molar-refractivity contribution in [2.45, 2.75) is 25.3 Å². The van der Waals surface area contributed by atoms with Gasteiger partial charge >= 0.3 is 0 Å². The molecule has 0 aliphatic carbocycles. The maximum Gasteiger partial charge on any atom is 0.273 e. The second kappa shape index (κ2) is 9.56. The van der Waals surface area contributed by atoms with Crippen molar-refractivity contribution in [1.82, 2.24) is 24.8 Å². The van der Waals surface area contributed by atoms with Crippen molar-refractivity contribution in [3.63, 3.8) is 0 Å². The molecule has 5 rings (SSSR count). The second-order valence-corrected chi connectivity index (χ2v) is 7.95. The fourth-order valence-corrected chi connectivity index (χ4v) is 4.09. The Kier molecular flexibility index (Phi) is 6.01. The van der Waals surface area contributed by atoms with Gasteiger partial charge in [0.2, 0.25) is 0 Å². The number of anilines is 2. The van der Waals surface area contributed by atoms with Gasteiger partial charge in [-0.15, -0.1) is 0 Å². The molecule has 0 spiro atoms. The zero-order valence-electron chi connectivity index (χ0n) is 18.1. The summed E-state index contributed by atoms with van der Waals surface area (Å²) in [6, 6.07) is 20.9. The molecule has 1 aliphatic heterocycles. The average Bonchev–Trinajstić information content (AvgIpc) is 2.90. The van der Waals surface area contributed by atoms with E-state index in [1.54, 1.807) is 24.7 Å². The van der Waals surface area contributed by atoms with Crippen LogP contribution in [-0.4, -0.2) is 37.3 Å². The van der Waals surface area contributed by atoms with Crippen LogP contribution in [0.5, 0.6) is 0 Å². The number of piperidine rings is 1. The molecule has 1 N–H and O–H groups in total. The maximum atomic E-state index is 13.3. The summed E-state index contributed by atoms with van der Waals surface area (Å²) in [4.78, 5) is 33.4. The quantitative estimate of drug-likeness (QED) is 0.472. The Morgan fingerprint density at radius 1 is 0.939 bits per heavy atom. The Morgan fingerprint density at radius 2 is 1.82 bits per heavy atom. The van der Waals surface area contributed by atoms with Crippen molar-refractivity contribution in [2.24, 2.45) is 0 Å². The molecular weight excluding hydrogens is 412 g/mol. The van der Waals surface area contributed by atoms with Gasteiger partial charge < -0.3 is 10.2 Å². The fraction of sp³-hybridized carbons (Fsp3) is 0.192. The number of amides is 1. The predicted molar refractivity (Wildman–Crippen MR) is 127 cm³/mol. The number of aromatic nitrogens is 4. The second-order valence-electron chi connectivity index (χ2n) is 7.95. The molecule has 0 bridgehead atoms. The number of likely N-dealkylation sites (tertiary alicyclic amines) is 1. The monoisotopic (exact) mass is 436 g/mol. The van der Waals surface area contributed by atoms with Crippen LogP contribution in [0.3, 0.4) is 0 Å². The minimum absolute atomic E-state index is 0.0896. The van der Waals surface area contributed by atoms with E-state index in [1.165, 1.54) is 0 Å². The third kappa shape index (κ3) is 4.72. The summed E-state index contributed by atoms with van der Waals surface area (Å²) in [6.45, 7) is 0.655. The molecule has 4 aromatic rings. The molecule has 1 fully saturated rings. The molecule has 3 aromatic heterocycles. The van der Waals surface area contributed by atoms with Gasteiger partial charge in [-0.25, -0.2) is 9.97 Å². The minimum atomic E-state index is -0.221. The Labute approximate surface area is 192 Å². The van der Waals surface area contributed by atoms with Crippen molar-refractivity contribution in [2.75, 3.05) is 11.9 Å². The normalized spacial score (nSPS) is 15.8. The van der Waals surface area contributed by atoms with Crippen LogP contribution in [0.15, 0.2) is 85.3 Å². The molecule has 1 aromatic carbocycles. The first-order valence-electron chi connectivity index (χ1n) is 11.1. The lowest BCUT2D eigenvalue weighted by Gasteiger charge is -2.34. The van der Waals surface area contributed by atoms with E-state index >= 15 is 0 Å². The highest BCUT2D eigenvalue weighted by atomic mass is 16.2. The zero-order valence-corrected chi connectivity index (χ0v) is 18.1. The number of hydrogen-bond donors (Lipinski definition) is 1. The molecule has 164 valence electrons. The van der Waals surface area contributed by atoms with E-state index in [4.69, 9.17) is 9.97 Å². The van der Waals surface area contributed by atoms with Crippen LogP contribution >= 0.6 is 0 Å². The van der Waals surface area contributed by atoms with Crippen molar-refractivity contribution in [1.29, 1.82) is 0 Å². The lowest BCUT2D eigenvalue weighted by molar-refractivity contribution is 0.0594. The standard InChI is InChI=1S/C26H24N6O/c33-26(21-12-4-6-15-28-21)32-16-7-5-13-23(32)25-30-22(19-9-8-14-27-18-19)17-24(31-25)29-20-10-2-1-3-11-20/h1-4,6,8-12,14-15,17-18,23H,5,7,13,16H2,(H,29,30,31). The van der Waals surface area contributed by atoms with E-state index in [-0.39, 0.29) is 11.9 Å². The van der Waals surface area contributed by atoms with E-state index in [9.17, 15) is 4.79 Å². The van der Waals surface area contributed by atoms with Crippen LogP contribution in [0.25, 0.3) is 11.3 Å². The highest BCUT2D eigenvalue weighted by Crippen LogP contribution is 2.32. The van der Waals surface area contributed by atoms with Gasteiger partial charge in [0.1, 0.15) is 11.5 Å². The summed E-state index contributed by atoms with van der Waals surface area (Å²) in [6.07, 6.45) is 7.94. The first kappa shape index (κ1) is 20.8. The van der Waals surface area contributed by atoms with Crippen LogP contribution in [-0.2, 0) is 0 Å². The molecule has 1 aliphatic rings. The molecule has 1 saturated heterocycles. The minimum Gasteiger partial charge on any atom is -0.340 e. The van der Waals surface area contributed by atoms with E-state index in [0.717, 1.165) is 36.2 Å². The van der Waals surface area contributed by atoms with Gasteiger partial charge in [0.15, 0.2) is 5.82 Å². The van der Waals surface area contributed by atoms with Gasteiger partial charge in [-0.1, -0.05) is 24.3 Å². The number of benzene rings is 1. The molecule has 0 radical (unpaired) electrons. The highest BCUT2D eigenvalue weighted by molar-refractivity contribution is 5.92.